The Morgan fingerprint density at radius 2 is 1.42 bits per heavy atom. The second-order valence-electron chi connectivity index (χ2n) is 6.88. The fourth-order valence-corrected chi connectivity index (χ4v) is 4.20. The molecule has 2 unspecified atom stereocenters. The highest BCUT2D eigenvalue weighted by Gasteiger charge is 2.26. The van der Waals surface area contributed by atoms with Crippen LogP contribution in [0.15, 0.2) is 0 Å². The maximum Gasteiger partial charge on any atom is 0.0104 e. The molecular formula is C17H34N2. The van der Waals surface area contributed by atoms with E-state index < -0.39 is 0 Å². The van der Waals surface area contributed by atoms with Crippen molar-refractivity contribution < 1.29 is 0 Å². The van der Waals surface area contributed by atoms with Gasteiger partial charge in [0.1, 0.15) is 0 Å². The van der Waals surface area contributed by atoms with E-state index >= 15 is 0 Å². The summed E-state index contributed by atoms with van der Waals surface area (Å²) in [6.45, 7) is 1.32. The number of hydrogen-bond donors (Lipinski definition) is 1. The Hall–Kier alpha value is -0.0800. The summed E-state index contributed by atoms with van der Waals surface area (Å²) in [5, 5.41) is 3.59. The zero-order chi connectivity index (χ0) is 13.5. The molecule has 112 valence electrons. The van der Waals surface area contributed by atoms with E-state index in [9.17, 15) is 0 Å². The lowest BCUT2D eigenvalue weighted by molar-refractivity contribution is 0.166. The van der Waals surface area contributed by atoms with Crippen molar-refractivity contribution in [2.75, 3.05) is 20.6 Å². The number of nitrogens with one attached hydrogen (secondary N) is 1. The van der Waals surface area contributed by atoms with Gasteiger partial charge in [-0.3, -0.25) is 0 Å². The summed E-state index contributed by atoms with van der Waals surface area (Å²) < 4.78 is 0. The molecular weight excluding hydrogens is 232 g/mol. The minimum absolute atomic E-state index is 0.760. The van der Waals surface area contributed by atoms with Crippen LogP contribution >= 0.6 is 0 Å². The highest BCUT2D eigenvalue weighted by Crippen LogP contribution is 2.27. The van der Waals surface area contributed by atoms with Crippen molar-refractivity contribution in [2.24, 2.45) is 5.92 Å². The van der Waals surface area contributed by atoms with Gasteiger partial charge < -0.3 is 10.2 Å². The van der Waals surface area contributed by atoms with E-state index in [1.807, 2.05) is 0 Å². The Labute approximate surface area is 120 Å². The van der Waals surface area contributed by atoms with Crippen molar-refractivity contribution in [1.82, 2.24) is 10.2 Å². The van der Waals surface area contributed by atoms with Crippen LogP contribution in [-0.4, -0.2) is 37.6 Å². The van der Waals surface area contributed by atoms with Gasteiger partial charge in [-0.15, -0.1) is 0 Å². The molecule has 0 bridgehead atoms. The van der Waals surface area contributed by atoms with Crippen molar-refractivity contribution in [3.05, 3.63) is 0 Å². The molecule has 2 aliphatic carbocycles. The van der Waals surface area contributed by atoms with Gasteiger partial charge in [0.05, 0.1) is 0 Å². The largest absolute Gasteiger partial charge is 0.317 e. The topological polar surface area (TPSA) is 15.3 Å². The summed E-state index contributed by atoms with van der Waals surface area (Å²) in [7, 11) is 4.54. The van der Waals surface area contributed by atoms with Crippen LogP contribution in [0.4, 0.5) is 0 Å². The SMILES string of the molecule is CNC1CCCCCC1CN(C)C1CCCCCC1. The van der Waals surface area contributed by atoms with E-state index in [1.165, 1.54) is 77.2 Å². The molecule has 0 aliphatic heterocycles. The lowest BCUT2D eigenvalue weighted by atomic mass is 9.93. The normalized spacial score (nSPS) is 31.1. The molecule has 19 heavy (non-hydrogen) atoms. The Balaban J connectivity index is 1.85. The highest BCUT2D eigenvalue weighted by molar-refractivity contribution is 4.82. The Bertz CT molecular complexity index is 233. The molecule has 0 radical (unpaired) electrons. The van der Waals surface area contributed by atoms with Crippen molar-refractivity contribution in [2.45, 2.75) is 82.7 Å². The first-order chi connectivity index (χ1) is 9.31. The van der Waals surface area contributed by atoms with Crippen LogP contribution in [0, 0.1) is 5.92 Å². The van der Waals surface area contributed by atoms with Gasteiger partial charge in [0.15, 0.2) is 0 Å². The highest BCUT2D eigenvalue weighted by atomic mass is 15.1. The van der Waals surface area contributed by atoms with Crippen LogP contribution in [0.25, 0.3) is 0 Å². The zero-order valence-corrected chi connectivity index (χ0v) is 13.2. The third-order valence-electron chi connectivity index (χ3n) is 5.50. The van der Waals surface area contributed by atoms with Crippen LogP contribution in [0.1, 0.15) is 70.6 Å². The molecule has 2 saturated carbocycles. The summed E-state index contributed by atoms with van der Waals surface area (Å²) in [5.74, 6) is 0.876. The molecule has 2 aliphatic rings. The molecule has 2 rings (SSSR count). The Kier molecular flexibility index (Phi) is 6.66. The molecule has 1 N–H and O–H groups in total. The van der Waals surface area contributed by atoms with Gasteiger partial charge in [0, 0.05) is 18.6 Å². The van der Waals surface area contributed by atoms with Crippen LogP contribution < -0.4 is 5.32 Å². The first kappa shape index (κ1) is 15.3. The second kappa shape index (κ2) is 8.26. The minimum Gasteiger partial charge on any atom is -0.317 e. The van der Waals surface area contributed by atoms with Gasteiger partial charge >= 0.3 is 0 Å². The molecule has 0 aromatic carbocycles. The number of hydrogen-bond acceptors (Lipinski definition) is 2. The molecule has 2 nitrogen and oxygen atoms in total. The van der Waals surface area contributed by atoms with E-state index in [1.54, 1.807) is 0 Å². The summed E-state index contributed by atoms with van der Waals surface area (Å²) >= 11 is 0. The molecule has 0 saturated heterocycles. The van der Waals surface area contributed by atoms with Gasteiger partial charge in [0.2, 0.25) is 0 Å². The van der Waals surface area contributed by atoms with Crippen molar-refractivity contribution >= 4 is 0 Å². The summed E-state index contributed by atoms with van der Waals surface area (Å²) in [6.07, 6.45) is 15.9. The lowest BCUT2D eigenvalue weighted by Crippen LogP contribution is -2.42. The van der Waals surface area contributed by atoms with Gasteiger partial charge in [-0.2, -0.15) is 0 Å². The average Bonchev–Trinajstić information content (AvgIpc) is 2.80. The quantitative estimate of drug-likeness (QED) is 0.778. The van der Waals surface area contributed by atoms with E-state index in [0.29, 0.717) is 0 Å². The fraction of sp³-hybridized carbons (Fsp3) is 1.00. The van der Waals surface area contributed by atoms with Crippen LogP contribution in [0.2, 0.25) is 0 Å². The maximum atomic E-state index is 3.59. The molecule has 2 heteroatoms. The van der Waals surface area contributed by atoms with Crippen molar-refractivity contribution in [3.63, 3.8) is 0 Å². The molecule has 2 atom stereocenters. The smallest absolute Gasteiger partial charge is 0.0104 e. The van der Waals surface area contributed by atoms with Crippen LogP contribution in [0.3, 0.4) is 0 Å². The predicted molar refractivity (Wildman–Crippen MR) is 83.5 cm³/mol. The Morgan fingerprint density at radius 3 is 2.11 bits per heavy atom. The molecule has 0 heterocycles. The first-order valence-electron chi connectivity index (χ1n) is 8.68. The zero-order valence-electron chi connectivity index (χ0n) is 13.2. The average molecular weight is 266 g/mol. The molecule has 0 aromatic heterocycles. The molecule has 0 aromatic rings. The standard InChI is InChI=1S/C17H34N2/c1-18-17-13-9-5-6-10-15(17)14-19(2)16-11-7-3-4-8-12-16/h15-18H,3-14H2,1-2H3. The Morgan fingerprint density at radius 1 is 0.842 bits per heavy atom. The summed E-state index contributed by atoms with van der Waals surface area (Å²) in [4.78, 5) is 2.70. The van der Waals surface area contributed by atoms with E-state index in [0.717, 1.165) is 18.0 Å². The van der Waals surface area contributed by atoms with Crippen LogP contribution in [-0.2, 0) is 0 Å². The van der Waals surface area contributed by atoms with Crippen molar-refractivity contribution in [1.29, 1.82) is 0 Å². The van der Waals surface area contributed by atoms with Crippen LogP contribution in [0.5, 0.6) is 0 Å². The lowest BCUT2D eigenvalue weighted by Gasteiger charge is -2.33. The minimum atomic E-state index is 0.760. The van der Waals surface area contributed by atoms with Crippen molar-refractivity contribution in [3.8, 4) is 0 Å². The second-order valence-corrected chi connectivity index (χ2v) is 6.88. The number of nitrogens with zero attached hydrogens (tertiary/aromatic N) is 1. The van der Waals surface area contributed by atoms with Gasteiger partial charge in [-0.1, -0.05) is 44.9 Å². The monoisotopic (exact) mass is 266 g/mol. The molecule has 2 fully saturated rings. The molecule has 0 spiro atoms. The number of rotatable bonds is 4. The van der Waals surface area contributed by atoms with Gasteiger partial charge in [-0.05, 0) is 45.7 Å². The van der Waals surface area contributed by atoms with E-state index in [2.05, 4.69) is 24.3 Å². The first-order valence-corrected chi connectivity index (χ1v) is 8.68. The van der Waals surface area contributed by atoms with Gasteiger partial charge in [0.25, 0.3) is 0 Å². The van der Waals surface area contributed by atoms with E-state index in [4.69, 9.17) is 0 Å². The maximum absolute atomic E-state index is 3.59. The third kappa shape index (κ3) is 4.75. The van der Waals surface area contributed by atoms with E-state index in [-0.39, 0.29) is 0 Å². The fourth-order valence-electron chi connectivity index (χ4n) is 4.20. The summed E-state index contributed by atoms with van der Waals surface area (Å²) in [6, 6.07) is 1.62. The predicted octanol–water partition coefficient (Wildman–Crippen LogP) is 3.81. The molecule has 0 amide bonds. The third-order valence-corrected chi connectivity index (χ3v) is 5.50. The van der Waals surface area contributed by atoms with Gasteiger partial charge in [-0.25, -0.2) is 0 Å². The summed E-state index contributed by atoms with van der Waals surface area (Å²) in [5.41, 5.74) is 0.